The number of hydrogen-bond donors (Lipinski definition) is 1. The fraction of sp³-hybridized carbons (Fsp3) is 0.208. The summed E-state index contributed by atoms with van der Waals surface area (Å²) in [4.78, 5) is 11.9. The van der Waals surface area contributed by atoms with Gasteiger partial charge in [-0.2, -0.15) is 0 Å². The van der Waals surface area contributed by atoms with Gasteiger partial charge in [-0.15, -0.1) is 0 Å². The Morgan fingerprint density at radius 2 is 1.97 bits per heavy atom. The summed E-state index contributed by atoms with van der Waals surface area (Å²) >= 11 is 0. The van der Waals surface area contributed by atoms with Gasteiger partial charge in [0.15, 0.2) is 0 Å². The zero-order chi connectivity index (χ0) is 20.9. The summed E-state index contributed by atoms with van der Waals surface area (Å²) < 4.78 is 22.6. The largest absolute Gasteiger partial charge is 0.489 e. The van der Waals surface area contributed by atoms with E-state index in [0.717, 1.165) is 27.7 Å². The Labute approximate surface area is 174 Å². The minimum absolute atomic E-state index is 0.171. The molecule has 0 atom stereocenters. The maximum atomic E-state index is 11.9. The zero-order valence-corrected chi connectivity index (χ0v) is 16.7. The van der Waals surface area contributed by atoms with Gasteiger partial charge in [0.1, 0.15) is 29.5 Å². The number of fused-ring (bicyclic) bond motifs is 1. The maximum Gasteiger partial charge on any atom is 0.310 e. The summed E-state index contributed by atoms with van der Waals surface area (Å²) in [7, 11) is 0. The molecule has 0 saturated heterocycles. The van der Waals surface area contributed by atoms with E-state index >= 15 is 0 Å². The molecule has 0 unspecified atom stereocenters. The normalized spacial score (nSPS) is 11.0. The van der Waals surface area contributed by atoms with Crippen molar-refractivity contribution in [3.63, 3.8) is 0 Å². The van der Waals surface area contributed by atoms with E-state index in [4.69, 9.17) is 24.0 Å². The molecule has 4 rings (SSSR count). The number of carbonyl (C=O) groups is 1. The average Bonchev–Trinajstić information content (AvgIpc) is 3.42. The summed E-state index contributed by atoms with van der Waals surface area (Å²) in [6, 6.07) is 17.1. The predicted molar refractivity (Wildman–Crippen MR) is 113 cm³/mol. The van der Waals surface area contributed by atoms with Gasteiger partial charge in [-0.3, -0.25) is 4.79 Å². The minimum Gasteiger partial charge on any atom is -0.489 e. The smallest absolute Gasteiger partial charge is 0.310 e. The van der Waals surface area contributed by atoms with Crippen molar-refractivity contribution in [1.29, 1.82) is 0 Å². The van der Waals surface area contributed by atoms with Crippen molar-refractivity contribution >= 4 is 16.9 Å². The molecule has 0 fully saturated rings. The predicted octanol–water partition coefficient (Wildman–Crippen LogP) is 4.84. The Kier molecular flexibility index (Phi) is 5.86. The molecule has 0 spiro atoms. The molecule has 154 valence electrons. The van der Waals surface area contributed by atoms with Crippen molar-refractivity contribution in [1.82, 2.24) is 0 Å². The van der Waals surface area contributed by atoms with Gasteiger partial charge in [-0.05, 0) is 48.9 Å². The van der Waals surface area contributed by atoms with Crippen LogP contribution in [0, 0.1) is 0 Å². The first-order valence-electron chi connectivity index (χ1n) is 9.83. The van der Waals surface area contributed by atoms with E-state index < -0.39 is 0 Å². The number of benzene rings is 2. The van der Waals surface area contributed by atoms with Gasteiger partial charge in [0.2, 0.25) is 0 Å². The van der Waals surface area contributed by atoms with Gasteiger partial charge < -0.3 is 24.0 Å². The Balaban J connectivity index is 1.59. The van der Waals surface area contributed by atoms with Crippen LogP contribution in [0.4, 0.5) is 0 Å². The van der Waals surface area contributed by atoms with Crippen molar-refractivity contribution in [3.8, 4) is 17.1 Å². The van der Waals surface area contributed by atoms with Crippen LogP contribution in [0.1, 0.15) is 23.8 Å². The Morgan fingerprint density at radius 1 is 1.10 bits per heavy atom. The lowest BCUT2D eigenvalue weighted by molar-refractivity contribution is -0.142. The molecule has 0 bridgehead atoms. The topological polar surface area (TPSA) is 87.8 Å². The molecule has 2 heterocycles. The zero-order valence-electron chi connectivity index (χ0n) is 16.7. The molecule has 6 heteroatoms. The van der Waals surface area contributed by atoms with E-state index in [-0.39, 0.29) is 12.4 Å². The summed E-state index contributed by atoms with van der Waals surface area (Å²) in [6.45, 7) is 2.81. The second-order valence-corrected chi connectivity index (χ2v) is 6.83. The first-order chi connectivity index (χ1) is 14.7. The Morgan fingerprint density at radius 3 is 2.77 bits per heavy atom. The van der Waals surface area contributed by atoms with Crippen LogP contribution in [0.15, 0.2) is 69.7 Å². The second-order valence-electron chi connectivity index (χ2n) is 6.83. The third-order valence-corrected chi connectivity index (χ3v) is 4.75. The monoisotopic (exact) mass is 405 g/mol. The highest BCUT2D eigenvalue weighted by molar-refractivity contribution is 5.91. The van der Waals surface area contributed by atoms with Crippen LogP contribution >= 0.6 is 0 Å². The molecule has 0 amide bonds. The summed E-state index contributed by atoms with van der Waals surface area (Å²) in [5.41, 5.74) is 9.01. The van der Waals surface area contributed by atoms with E-state index in [1.807, 2.05) is 54.6 Å². The first kappa shape index (κ1) is 19.8. The third kappa shape index (κ3) is 4.23. The number of furan rings is 2. The minimum atomic E-state index is -0.274. The number of esters is 1. The number of rotatable bonds is 8. The lowest BCUT2D eigenvalue weighted by atomic mass is 10.1. The van der Waals surface area contributed by atoms with Gasteiger partial charge in [-0.25, -0.2) is 0 Å². The summed E-state index contributed by atoms with van der Waals surface area (Å²) in [5.74, 6) is 1.78. The van der Waals surface area contributed by atoms with Crippen molar-refractivity contribution < 1.29 is 23.1 Å². The van der Waals surface area contributed by atoms with Gasteiger partial charge >= 0.3 is 5.97 Å². The summed E-state index contributed by atoms with van der Waals surface area (Å²) in [5, 5.41) is 0.955. The van der Waals surface area contributed by atoms with Crippen molar-refractivity contribution in [2.45, 2.75) is 26.5 Å². The Hall–Kier alpha value is -3.51. The molecular formula is C24H23NO5. The van der Waals surface area contributed by atoms with E-state index in [1.54, 1.807) is 13.2 Å². The fourth-order valence-electron chi connectivity index (χ4n) is 3.36. The van der Waals surface area contributed by atoms with Crippen LogP contribution in [-0.2, 0) is 29.1 Å². The quantitative estimate of drug-likeness (QED) is 0.422. The van der Waals surface area contributed by atoms with Gasteiger partial charge in [-0.1, -0.05) is 18.2 Å². The van der Waals surface area contributed by atoms with Crippen LogP contribution in [0.2, 0.25) is 0 Å². The highest BCUT2D eigenvalue weighted by atomic mass is 16.5. The van der Waals surface area contributed by atoms with Gasteiger partial charge in [0, 0.05) is 10.9 Å². The van der Waals surface area contributed by atoms with E-state index in [2.05, 4.69) is 0 Å². The van der Waals surface area contributed by atoms with Crippen LogP contribution in [0.25, 0.3) is 22.3 Å². The van der Waals surface area contributed by atoms with E-state index in [1.165, 1.54) is 0 Å². The molecule has 0 aliphatic rings. The summed E-state index contributed by atoms with van der Waals surface area (Å²) in [6.07, 6.45) is 1.82. The molecule has 0 saturated carbocycles. The molecule has 30 heavy (non-hydrogen) atoms. The molecule has 0 radical (unpaired) electrons. The van der Waals surface area contributed by atoms with Crippen molar-refractivity contribution in [2.24, 2.45) is 5.73 Å². The van der Waals surface area contributed by atoms with Crippen LogP contribution < -0.4 is 10.5 Å². The SMILES string of the molecule is CCOC(=O)Cc1ccccc1OCc1cc(-c2ccc(CN)o2)c2occc2c1. The van der Waals surface area contributed by atoms with Crippen LogP contribution in [0.5, 0.6) is 5.75 Å². The molecule has 2 N–H and O–H groups in total. The number of carbonyl (C=O) groups excluding carboxylic acids is 1. The molecule has 2 aromatic carbocycles. The average molecular weight is 405 g/mol. The van der Waals surface area contributed by atoms with Crippen molar-refractivity contribution in [2.75, 3.05) is 6.61 Å². The number of para-hydroxylation sites is 1. The maximum absolute atomic E-state index is 11.9. The molecule has 0 aliphatic heterocycles. The molecule has 6 nitrogen and oxygen atoms in total. The third-order valence-electron chi connectivity index (χ3n) is 4.75. The van der Waals surface area contributed by atoms with Gasteiger partial charge in [0.05, 0.1) is 31.4 Å². The highest BCUT2D eigenvalue weighted by Gasteiger charge is 2.14. The van der Waals surface area contributed by atoms with Crippen LogP contribution in [0.3, 0.4) is 0 Å². The molecule has 2 aromatic heterocycles. The van der Waals surface area contributed by atoms with Crippen molar-refractivity contribution in [3.05, 3.63) is 77.7 Å². The molecule has 0 aliphatic carbocycles. The number of hydrogen-bond acceptors (Lipinski definition) is 6. The fourth-order valence-corrected chi connectivity index (χ4v) is 3.36. The van der Waals surface area contributed by atoms with Gasteiger partial charge in [0.25, 0.3) is 0 Å². The Bertz CT molecular complexity index is 1160. The lowest BCUT2D eigenvalue weighted by Crippen LogP contribution is -2.09. The molecule has 4 aromatic rings. The van der Waals surface area contributed by atoms with E-state index in [9.17, 15) is 4.79 Å². The number of ether oxygens (including phenoxy) is 2. The van der Waals surface area contributed by atoms with E-state index in [0.29, 0.717) is 37.0 Å². The standard InChI is InChI=1S/C24H23NO5/c1-2-27-23(26)13-17-5-3-4-6-21(17)29-15-16-11-18-9-10-28-24(18)20(12-16)22-8-7-19(14-25)30-22/h3-12H,2,13-15,25H2,1H3. The number of nitrogens with two attached hydrogens (primary N) is 1. The lowest BCUT2D eigenvalue weighted by Gasteiger charge is -2.12. The van der Waals surface area contributed by atoms with Crippen LogP contribution in [-0.4, -0.2) is 12.6 Å². The second kappa shape index (κ2) is 8.88. The highest BCUT2D eigenvalue weighted by Crippen LogP contribution is 2.33. The molecular weight excluding hydrogens is 382 g/mol. The first-order valence-corrected chi connectivity index (χ1v) is 9.83.